The van der Waals surface area contributed by atoms with Gasteiger partial charge in [0, 0.05) is 12.1 Å². The van der Waals surface area contributed by atoms with Gasteiger partial charge in [-0.1, -0.05) is 6.92 Å². The molecule has 1 rings (SSSR count). The first-order chi connectivity index (χ1) is 7.52. The fourth-order valence-electron chi connectivity index (χ4n) is 1.32. The third-order valence-electron chi connectivity index (χ3n) is 2.32. The molecular weight excluding hydrogens is 207 g/mol. The molecule has 88 valence electrons. The van der Waals surface area contributed by atoms with Gasteiger partial charge >= 0.3 is 0 Å². The van der Waals surface area contributed by atoms with Gasteiger partial charge in [0.2, 0.25) is 0 Å². The number of carbonyl (C=O) groups is 1. The monoisotopic (exact) mass is 224 g/mol. The van der Waals surface area contributed by atoms with Crippen molar-refractivity contribution in [2.24, 2.45) is 11.7 Å². The summed E-state index contributed by atoms with van der Waals surface area (Å²) in [6.07, 6.45) is 0. The molecule has 0 aliphatic heterocycles. The highest BCUT2D eigenvalue weighted by molar-refractivity contribution is 5.94. The van der Waals surface area contributed by atoms with Crippen molar-refractivity contribution < 1.29 is 9.18 Å². The summed E-state index contributed by atoms with van der Waals surface area (Å²) in [5.41, 5.74) is 6.52. The molecule has 0 fully saturated rings. The lowest BCUT2D eigenvalue weighted by molar-refractivity contribution is 0.0948. The van der Waals surface area contributed by atoms with E-state index in [0.717, 1.165) is 5.56 Å². The summed E-state index contributed by atoms with van der Waals surface area (Å²) in [7, 11) is 0. The predicted octanol–water partition coefficient (Wildman–Crippen LogP) is 1.46. The van der Waals surface area contributed by atoms with E-state index >= 15 is 0 Å². The topological polar surface area (TPSA) is 55.1 Å². The van der Waals surface area contributed by atoms with Crippen LogP contribution in [-0.4, -0.2) is 19.0 Å². The fraction of sp³-hybridized carbons (Fsp3) is 0.417. The fourth-order valence-corrected chi connectivity index (χ4v) is 1.32. The Morgan fingerprint density at radius 2 is 2.19 bits per heavy atom. The zero-order valence-corrected chi connectivity index (χ0v) is 9.59. The second-order valence-corrected chi connectivity index (χ2v) is 4.07. The number of hydrogen-bond donors (Lipinski definition) is 2. The summed E-state index contributed by atoms with van der Waals surface area (Å²) < 4.78 is 13.1. The second-order valence-electron chi connectivity index (χ2n) is 4.07. The number of nitrogens with two attached hydrogens (primary N) is 1. The van der Waals surface area contributed by atoms with Crippen molar-refractivity contribution in [2.75, 3.05) is 13.1 Å². The highest BCUT2D eigenvalue weighted by atomic mass is 19.1. The lowest BCUT2D eigenvalue weighted by Gasteiger charge is -2.10. The molecule has 0 heterocycles. The molecular formula is C12H17FN2O. The number of amides is 1. The Morgan fingerprint density at radius 1 is 1.50 bits per heavy atom. The number of aryl methyl sites for hydroxylation is 1. The Hall–Kier alpha value is -1.42. The number of nitrogens with one attached hydrogen (secondary N) is 1. The Morgan fingerprint density at radius 3 is 2.75 bits per heavy atom. The number of carbonyl (C=O) groups excluding carboxylic acids is 1. The summed E-state index contributed by atoms with van der Waals surface area (Å²) in [6, 6.07) is 4.28. The van der Waals surface area contributed by atoms with Crippen molar-refractivity contribution in [3.8, 4) is 0 Å². The highest BCUT2D eigenvalue weighted by Crippen LogP contribution is 2.08. The van der Waals surface area contributed by atoms with Gasteiger partial charge in [-0.2, -0.15) is 0 Å². The molecule has 0 aliphatic rings. The molecule has 3 N–H and O–H groups in total. The van der Waals surface area contributed by atoms with Gasteiger partial charge in [-0.3, -0.25) is 4.79 Å². The quantitative estimate of drug-likeness (QED) is 0.813. The smallest absolute Gasteiger partial charge is 0.251 e. The molecule has 0 saturated heterocycles. The lowest BCUT2D eigenvalue weighted by atomic mass is 10.1. The van der Waals surface area contributed by atoms with Gasteiger partial charge in [-0.15, -0.1) is 0 Å². The van der Waals surface area contributed by atoms with Crippen LogP contribution in [0.5, 0.6) is 0 Å². The predicted molar refractivity (Wildman–Crippen MR) is 61.7 cm³/mol. The van der Waals surface area contributed by atoms with Gasteiger partial charge in [0.15, 0.2) is 0 Å². The molecule has 4 heteroatoms. The van der Waals surface area contributed by atoms with Crippen LogP contribution in [0.25, 0.3) is 0 Å². The van der Waals surface area contributed by atoms with Crippen LogP contribution in [0.15, 0.2) is 18.2 Å². The van der Waals surface area contributed by atoms with E-state index in [4.69, 9.17) is 5.73 Å². The van der Waals surface area contributed by atoms with E-state index in [0.29, 0.717) is 18.7 Å². The van der Waals surface area contributed by atoms with E-state index in [2.05, 4.69) is 5.32 Å². The standard InChI is InChI=1S/C12H17FN2O/c1-8-3-10(5-11(13)4-8)12(16)15-7-9(2)6-14/h3-5,9H,6-7,14H2,1-2H3,(H,15,16). The summed E-state index contributed by atoms with van der Waals surface area (Å²) in [5.74, 6) is -0.432. The van der Waals surface area contributed by atoms with Crippen molar-refractivity contribution in [1.29, 1.82) is 0 Å². The van der Waals surface area contributed by atoms with Crippen molar-refractivity contribution in [3.05, 3.63) is 35.1 Å². The van der Waals surface area contributed by atoms with E-state index in [1.165, 1.54) is 12.1 Å². The normalized spacial score (nSPS) is 12.2. The number of benzene rings is 1. The van der Waals surface area contributed by atoms with Crippen LogP contribution in [-0.2, 0) is 0 Å². The molecule has 0 bridgehead atoms. The van der Waals surface area contributed by atoms with Crippen molar-refractivity contribution >= 4 is 5.91 Å². The van der Waals surface area contributed by atoms with E-state index in [-0.39, 0.29) is 11.8 Å². The summed E-state index contributed by atoms with van der Waals surface area (Å²) in [4.78, 5) is 11.7. The number of rotatable bonds is 4. The largest absolute Gasteiger partial charge is 0.352 e. The first-order valence-corrected chi connectivity index (χ1v) is 5.28. The van der Waals surface area contributed by atoms with Crippen LogP contribution in [0.1, 0.15) is 22.8 Å². The van der Waals surface area contributed by atoms with Crippen LogP contribution in [0.2, 0.25) is 0 Å². The van der Waals surface area contributed by atoms with E-state index in [1.54, 1.807) is 13.0 Å². The van der Waals surface area contributed by atoms with E-state index in [9.17, 15) is 9.18 Å². The molecule has 16 heavy (non-hydrogen) atoms. The van der Waals surface area contributed by atoms with Crippen molar-refractivity contribution in [3.63, 3.8) is 0 Å². The van der Waals surface area contributed by atoms with Crippen LogP contribution < -0.4 is 11.1 Å². The van der Waals surface area contributed by atoms with Gasteiger partial charge in [0.1, 0.15) is 5.82 Å². The molecule has 3 nitrogen and oxygen atoms in total. The minimum absolute atomic E-state index is 0.221. The van der Waals surface area contributed by atoms with Crippen LogP contribution in [0, 0.1) is 18.7 Å². The zero-order valence-electron chi connectivity index (χ0n) is 9.59. The Kier molecular flexibility index (Phi) is 4.43. The van der Waals surface area contributed by atoms with Gasteiger partial charge in [-0.25, -0.2) is 4.39 Å². The van der Waals surface area contributed by atoms with Crippen molar-refractivity contribution in [1.82, 2.24) is 5.32 Å². The minimum Gasteiger partial charge on any atom is -0.352 e. The molecule has 0 radical (unpaired) electrons. The van der Waals surface area contributed by atoms with Crippen LogP contribution in [0.3, 0.4) is 0 Å². The second kappa shape index (κ2) is 5.61. The first kappa shape index (κ1) is 12.6. The van der Waals surface area contributed by atoms with E-state index < -0.39 is 5.82 Å². The average Bonchev–Trinajstić information content (AvgIpc) is 2.23. The lowest BCUT2D eigenvalue weighted by Crippen LogP contribution is -2.31. The maximum absolute atomic E-state index is 13.1. The highest BCUT2D eigenvalue weighted by Gasteiger charge is 2.08. The molecule has 1 atom stereocenters. The molecule has 1 aromatic carbocycles. The molecule has 0 saturated carbocycles. The Bertz CT molecular complexity index is 359. The minimum atomic E-state index is -0.392. The van der Waals surface area contributed by atoms with Crippen LogP contribution >= 0.6 is 0 Å². The van der Waals surface area contributed by atoms with Crippen LogP contribution in [0.4, 0.5) is 4.39 Å². The third-order valence-corrected chi connectivity index (χ3v) is 2.32. The van der Waals surface area contributed by atoms with Crippen molar-refractivity contribution in [2.45, 2.75) is 13.8 Å². The zero-order chi connectivity index (χ0) is 12.1. The van der Waals surface area contributed by atoms with Gasteiger partial charge in [0.25, 0.3) is 5.91 Å². The summed E-state index contributed by atoms with van der Waals surface area (Å²) in [5, 5.41) is 2.72. The molecule has 0 aromatic heterocycles. The Labute approximate surface area is 94.8 Å². The third kappa shape index (κ3) is 3.62. The van der Waals surface area contributed by atoms with Gasteiger partial charge < -0.3 is 11.1 Å². The molecule has 1 amide bonds. The van der Waals surface area contributed by atoms with Gasteiger partial charge in [0.05, 0.1) is 0 Å². The van der Waals surface area contributed by atoms with E-state index in [1.807, 2.05) is 6.92 Å². The molecule has 1 unspecified atom stereocenters. The molecule has 0 aliphatic carbocycles. The molecule has 1 aromatic rings. The molecule has 0 spiro atoms. The maximum Gasteiger partial charge on any atom is 0.251 e. The average molecular weight is 224 g/mol. The first-order valence-electron chi connectivity index (χ1n) is 5.28. The number of hydrogen-bond acceptors (Lipinski definition) is 2. The number of halogens is 1. The van der Waals surface area contributed by atoms with Gasteiger partial charge in [-0.05, 0) is 43.1 Å². The SMILES string of the molecule is Cc1cc(F)cc(C(=O)NCC(C)CN)c1. The summed E-state index contributed by atoms with van der Waals surface area (Å²) in [6.45, 7) is 4.72. The summed E-state index contributed by atoms with van der Waals surface area (Å²) >= 11 is 0. The maximum atomic E-state index is 13.1. The Balaban J connectivity index is 2.66.